The van der Waals surface area contributed by atoms with Gasteiger partial charge in [-0.05, 0) is 45.4 Å². The van der Waals surface area contributed by atoms with Crippen LogP contribution in [0.1, 0.15) is 61.2 Å². The molecule has 2 rings (SSSR count). The van der Waals surface area contributed by atoms with Gasteiger partial charge in [0.1, 0.15) is 22.4 Å². The minimum absolute atomic E-state index is 0.0445. The number of primary amides is 1. The lowest BCUT2D eigenvalue weighted by molar-refractivity contribution is -0.124. The molecule has 0 fully saturated rings. The Labute approximate surface area is 207 Å². The highest BCUT2D eigenvalue weighted by atomic mass is 32.1. The second-order valence-corrected chi connectivity index (χ2v) is 9.48. The van der Waals surface area contributed by atoms with Gasteiger partial charge in [0.05, 0.1) is 19.1 Å². The van der Waals surface area contributed by atoms with Crippen molar-refractivity contribution in [1.82, 2.24) is 15.6 Å². The molecule has 0 aliphatic carbocycles. The van der Waals surface area contributed by atoms with Crippen LogP contribution in [-0.2, 0) is 25.5 Å². The summed E-state index contributed by atoms with van der Waals surface area (Å²) in [6.07, 6.45) is -1.01. The molecule has 5 N–H and O–H groups in total. The summed E-state index contributed by atoms with van der Waals surface area (Å²) in [5, 5.41) is 16.5. The van der Waals surface area contributed by atoms with Gasteiger partial charge in [-0.2, -0.15) is 0 Å². The number of ether oxygens (including phenoxy) is 2. The molecule has 0 aliphatic heterocycles. The Morgan fingerprint density at radius 2 is 1.80 bits per heavy atom. The lowest BCUT2D eigenvalue weighted by Gasteiger charge is -2.25. The first-order valence-corrected chi connectivity index (χ1v) is 11.7. The summed E-state index contributed by atoms with van der Waals surface area (Å²) in [7, 11) is 0. The second kappa shape index (κ2) is 12.2. The maximum absolute atomic E-state index is 13.2. The largest absolute Gasteiger partial charge is 0.508 e. The zero-order chi connectivity index (χ0) is 26.2. The van der Waals surface area contributed by atoms with E-state index in [2.05, 4.69) is 15.6 Å². The zero-order valence-corrected chi connectivity index (χ0v) is 20.8. The van der Waals surface area contributed by atoms with Gasteiger partial charge in [-0.15, -0.1) is 11.3 Å². The fraction of sp³-hybridized carbons (Fsp3) is 0.435. The number of esters is 1. The predicted molar refractivity (Wildman–Crippen MR) is 128 cm³/mol. The van der Waals surface area contributed by atoms with E-state index in [9.17, 15) is 24.3 Å². The molecule has 2 aromatic rings. The van der Waals surface area contributed by atoms with Crippen molar-refractivity contribution in [3.8, 4) is 5.75 Å². The Morgan fingerprint density at radius 3 is 2.37 bits per heavy atom. The van der Waals surface area contributed by atoms with Crippen LogP contribution in [0.2, 0.25) is 0 Å². The molecule has 1 aromatic heterocycles. The molecule has 1 heterocycles. The summed E-state index contributed by atoms with van der Waals surface area (Å²) in [6, 6.07) is 4.12. The van der Waals surface area contributed by atoms with Gasteiger partial charge < -0.3 is 30.9 Å². The van der Waals surface area contributed by atoms with Crippen molar-refractivity contribution in [2.75, 3.05) is 6.61 Å². The number of nitrogens with two attached hydrogens (primary N) is 1. The second-order valence-electron chi connectivity index (χ2n) is 8.59. The molecule has 2 atom stereocenters. The van der Waals surface area contributed by atoms with E-state index in [1.54, 1.807) is 39.8 Å². The van der Waals surface area contributed by atoms with Gasteiger partial charge in [-0.1, -0.05) is 12.1 Å². The Hall–Kier alpha value is -3.67. The number of rotatable bonds is 10. The first-order valence-electron chi connectivity index (χ1n) is 10.9. The molecular weight excluding hydrogens is 476 g/mol. The van der Waals surface area contributed by atoms with E-state index in [0.29, 0.717) is 5.56 Å². The van der Waals surface area contributed by atoms with Gasteiger partial charge in [0.15, 0.2) is 5.69 Å². The Bertz CT molecular complexity index is 1050. The average Bonchev–Trinajstić information content (AvgIpc) is 3.23. The third kappa shape index (κ3) is 9.24. The zero-order valence-electron chi connectivity index (χ0n) is 20.0. The highest BCUT2D eigenvalue weighted by Crippen LogP contribution is 2.22. The van der Waals surface area contributed by atoms with E-state index in [0.717, 1.165) is 11.3 Å². The Morgan fingerprint density at radius 1 is 1.14 bits per heavy atom. The minimum atomic E-state index is -1.09. The number of hydrogen-bond acceptors (Lipinski definition) is 9. The van der Waals surface area contributed by atoms with Crippen LogP contribution in [0.5, 0.6) is 5.75 Å². The SMILES string of the molecule is CCOC(=O)c1csc([C@H](CC(N)=O)NC(=O)[C@@H](Cc2ccc(O)cc2)NC(=O)OC(C)(C)C)n1. The van der Waals surface area contributed by atoms with Crippen molar-refractivity contribution in [1.29, 1.82) is 0 Å². The molecule has 0 radical (unpaired) electrons. The van der Waals surface area contributed by atoms with E-state index in [1.165, 1.54) is 17.5 Å². The van der Waals surface area contributed by atoms with Crippen LogP contribution in [0.15, 0.2) is 29.6 Å². The standard InChI is InChI=1S/C23H30N4O7S/c1-5-33-21(31)17-12-35-20(26-17)16(11-18(24)29)25-19(30)15(27-22(32)34-23(2,3)4)10-13-6-8-14(28)9-7-13/h6-9,12,15-16,28H,5,10-11H2,1-4H3,(H2,24,29)(H,25,30)(H,27,32)/t15-,16+/m1/s1. The summed E-state index contributed by atoms with van der Waals surface area (Å²) in [4.78, 5) is 53.4. The van der Waals surface area contributed by atoms with Crippen molar-refractivity contribution >= 4 is 35.2 Å². The first kappa shape index (κ1) is 27.6. The summed E-state index contributed by atoms with van der Waals surface area (Å²) >= 11 is 1.06. The number of benzene rings is 1. The van der Waals surface area contributed by atoms with E-state index in [4.69, 9.17) is 15.2 Å². The first-order chi connectivity index (χ1) is 16.4. The fourth-order valence-corrected chi connectivity index (χ4v) is 3.79. The van der Waals surface area contributed by atoms with Gasteiger partial charge in [-0.25, -0.2) is 14.6 Å². The summed E-state index contributed by atoms with van der Waals surface area (Å²) < 4.78 is 10.2. The molecular formula is C23H30N4O7S. The molecule has 1 aromatic carbocycles. The van der Waals surface area contributed by atoms with Gasteiger partial charge in [0.2, 0.25) is 11.8 Å². The number of hydrogen-bond donors (Lipinski definition) is 4. The highest BCUT2D eigenvalue weighted by Gasteiger charge is 2.29. The number of phenolic OH excluding ortho intramolecular Hbond substituents is 1. The third-order valence-electron chi connectivity index (χ3n) is 4.41. The maximum Gasteiger partial charge on any atom is 0.408 e. The molecule has 0 saturated carbocycles. The van der Waals surface area contributed by atoms with Crippen LogP contribution in [0.4, 0.5) is 4.79 Å². The lowest BCUT2D eigenvalue weighted by atomic mass is 10.0. The number of phenols is 1. The number of nitrogens with zero attached hydrogens (tertiary/aromatic N) is 1. The maximum atomic E-state index is 13.2. The van der Waals surface area contributed by atoms with Crippen molar-refractivity contribution in [2.24, 2.45) is 5.73 Å². The van der Waals surface area contributed by atoms with Gasteiger partial charge >= 0.3 is 12.1 Å². The smallest absolute Gasteiger partial charge is 0.408 e. The molecule has 0 spiro atoms. The topological polar surface area (TPSA) is 170 Å². The number of carbonyl (C=O) groups is 4. The number of aromatic nitrogens is 1. The number of aromatic hydroxyl groups is 1. The molecule has 35 heavy (non-hydrogen) atoms. The molecule has 0 bridgehead atoms. The van der Waals surface area contributed by atoms with Crippen LogP contribution in [0.25, 0.3) is 0 Å². The fourth-order valence-electron chi connectivity index (χ4n) is 2.95. The normalized spacial score (nSPS) is 12.8. The van der Waals surface area contributed by atoms with E-state index < -0.39 is 41.6 Å². The summed E-state index contributed by atoms with van der Waals surface area (Å²) in [6.45, 7) is 6.89. The number of thiazole rings is 1. The van der Waals surface area contributed by atoms with Crippen LogP contribution in [-0.4, -0.2) is 52.2 Å². The number of carbonyl (C=O) groups excluding carboxylic acids is 4. The number of nitrogens with one attached hydrogen (secondary N) is 2. The average molecular weight is 507 g/mol. The van der Waals surface area contributed by atoms with Gasteiger partial charge in [-0.3, -0.25) is 9.59 Å². The summed E-state index contributed by atoms with van der Waals surface area (Å²) in [5.41, 5.74) is 5.28. The van der Waals surface area contributed by atoms with Crippen LogP contribution in [0.3, 0.4) is 0 Å². The molecule has 3 amide bonds. The Kier molecular flexibility index (Phi) is 9.58. The van der Waals surface area contributed by atoms with Gasteiger partial charge in [0.25, 0.3) is 0 Å². The van der Waals surface area contributed by atoms with Crippen LogP contribution < -0.4 is 16.4 Å². The molecule has 0 unspecified atom stereocenters. The molecule has 0 saturated heterocycles. The molecule has 11 nitrogen and oxygen atoms in total. The molecule has 12 heteroatoms. The van der Waals surface area contributed by atoms with Crippen molar-refractivity contribution in [2.45, 2.75) is 58.2 Å². The predicted octanol–water partition coefficient (Wildman–Crippen LogP) is 2.19. The van der Waals surface area contributed by atoms with E-state index >= 15 is 0 Å². The highest BCUT2D eigenvalue weighted by molar-refractivity contribution is 7.09. The van der Waals surface area contributed by atoms with E-state index in [1.807, 2.05) is 0 Å². The van der Waals surface area contributed by atoms with E-state index in [-0.39, 0.29) is 35.9 Å². The Balaban J connectivity index is 2.26. The van der Waals surface area contributed by atoms with Gasteiger partial charge in [0, 0.05) is 11.8 Å². The summed E-state index contributed by atoms with van der Waals surface area (Å²) in [5.74, 6) is -1.89. The lowest BCUT2D eigenvalue weighted by Crippen LogP contribution is -2.50. The third-order valence-corrected chi connectivity index (χ3v) is 5.37. The molecule has 0 aliphatic rings. The van der Waals surface area contributed by atoms with Crippen LogP contribution >= 0.6 is 11.3 Å². The van der Waals surface area contributed by atoms with Crippen LogP contribution in [0, 0.1) is 0 Å². The van der Waals surface area contributed by atoms with Crippen molar-refractivity contribution in [3.05, 3.63) is 45.9 Å². The van der Waals surface area contributed by atoms with Crippen molar-refractivity contribution < 1.29 is 33.8 Å². The van der Waals surface area contributed by atoms with Crippen molar-refractivity contribution in [3.63, 3.8) is 0 Å². The molecule has 190 valence electrons. The number of amides is 3. The minimum Gasteiger partial charge on any atom is -0.508 e. The monoisotopic (exact) mass is 506 g/mol. The number of alkyl carbamates (subject to hydrolysis) is 1. The quantitative estimate of drug-likeness (QED) is 0.355.